The van der Waals surface area contributed by atoms with Crippen molar-refractivity contribution in [2.75, 3.05) is 13.1 Å². The van der Waals surface area contributed by atoms with E-state index in [2.05, 4.69) is 10.3 Å². The first-order valence-corrected chi connectivity index (χ1v) is 11.6. The highest BCUT2D eigenvalue weighted by Crippen LogP contribution is 2.29. The van der Waals surface area contributed by atoms with Gasteiger partial charge in [0.2, 0.25) is 15.9 Å². The third-order valence-electron chi connectivity index (χ3n) is 5.68. The summed E-state index contributed by atoms with van der Waals surface area (Å²) in [4.78, 5) is 17.1. The van der Waals surface area contributed by atoms with Gasteiger partial charge in [-0.15, -0.1) is 0 Å². The minimum atomic E-state index is -3.65. The summed E-state index contributed by atoms with van der Waals surface area (Å²) in [7, 11) is -3.65. The van der Waals surface area contributed by atoms with Crippen LogP contribution in [0.15, 0.2) is 65.7 Å². The number of carbonyl (C=O) groups is 1. The number of benzene rings is 2. The Hall–Kier alpha value is -2.77. The summed E-state index contributed by atoms with van der Waals surface area (Å²) < 4.78 is 28.1. The molecule has 4 rings (SSSR count). The standard InChI is InChI=1S/C23H25N3O3S/c1-17-9-10-21(20-8-5-13-24-22(17)20)30(28,29)26-14-11-19(12-15-26)23(27)25-16-18-6-3-2-4-7-18/h2-10,13,19H,11-12,14-16H2,1H3,(H,25,27). The molecule has 2 heterocycles. The second-order valence-corrected chi connectivity index (χ2v) is 9.57. The number of sulfonamides is 1. The first-order valence-electron chi connectivity index (χ1n) is 10.1. The highest BCUT2D eigenvalue weighted by atomic mass is 32.2. The molecule has 6 nitrogen and oxygen atoms in total. The first kappa shape index (κ1) is 20.5. The molecule has 0 spiro atoms. The molecule has 1 aliphatic heterocycles. The summed E-state index contributed by atoms with van der Waals surface area (Å²) in [5.74, 6) is -0.183. The number of aryl methyl sites for hydroxylation is 1. The summed E-state index contributed by atoms with van der Waals surface area (Å²) >= 11 is 0. The van der Waals surface area contributed by atoms with Gasteiger partial charge in [-0.1, -0.05) is 36.4 Å². The molecule has 1 amide bonds. The van der Waals surface area contributed by atoms with Crippen LogP contribution in [0.5, 0.6) is 0 Å². The molecule has 7 heteroatoms. The molecule has 1 aromatic heterocycles. The van der Waals surface area contributed by atoms with Crippen LogP contribution in [0.4, 0.5) is 0 Å². The normalized spacial score (nSPS) is 15.9. The monoisotopic (exact) mass is 423 g/mol. The fourth-order valence-corrected chi connectivity index (χ4v) is 5.59. The fraction of sp³-hybridized carbons (Fsp3) is 0.304. The van der Waals surface area contributed by atoms with Gasteiger partial charge in [-0.05, 0) is 49.1 Å². The maximum Gasteiger partial charge on any atom is 0.243 e. The third-order valence-corrected chi connectivity index (χ3v) is 7.64. The molecule has 156 valence electrons. The summed E-state index contributed by atoms with van der Waals surface area (Å²) in [5, 5.41) is 3.61. The topological polar surface area (TPSA) is 79.4 Å². The Morgan fingerprint density at radius 3 is 2.53 bits per heavy atom. The zero-order valence-electron chi connectivity index (χ0n) is 16.9. The molecule has 0 bridgehead atoms. The zero-order valence-corrected chi connectivity index (χ0v) is 17.7. The van der Waals surface area contributed by atoms with Crippen LogP contribution in [-0.2, 0) is 21.4 Å². The lowest BCUT2D eigenvalue weighted by Gasteiger charge is -2.31. The van der Waals surface area contributed by atoms with E-state index in [4.69, 9.17) is 0 Å². The number of fused-ring (bicyclic) bond motifs is 1. The molecule has 3 aromatic rings. The summed E-state index contributed by atoms with van der Waals surface area (Å²) in [6.07, 6.45) is 2.70. The third kappa shape index (κ3) is 4.08. The van der Waals surface area contributed by atoms with Crippen LogP contribution in [0.1, 0.15) is 24.0 Å². The van der Waals surface area contributed by atoms with Gasteiger partial charge in [0, 0.05) is 37.1 Å². The Bertz CT molecular complexity index is 1150. The summed E-state index contributed by atoms with van der Waals surface area (Å²) in [5.41, 5.74) is 2.69. The molecule has 0 unspecified atom stereocenters. The molecule has 1 fully saturated rings. The Balaban J connectivity index is 1.44. The molecular weight excluding hydrogens is 398 g/mol. The van der Waals surface area contributed by atoms with Crippen molar-refractivity contribution in [3.8, 4) is 0 Å². The van der Waals surface area contributed by atoms with Crippen molar-refractivity contribution in [2.24, 2.45) is 5.92 Å². The molecule has 1 saturated heterocycles. The van der Waals surface area contributed by atoms with E-state index in [-0.39, 0.29) is 16.7 Å². The predicted molar refractivity (Wildman–Crippen MR) is 116 cm³/mol. The lowest BCUT2D eigenvalue weighted by Crippen LogP contribution is -2.42. The van der Waals surface area contributed by atoms with Gasteiger partial charge in [0.05, 0.1) is 10.4 Å². The van der Waals surface area contributed by atoms with Crippen LogP contribution in [0.3, 0.4) is 0 Å². The fourth-order valence-electron chi connectivity index (χ4n) is 3.94. The maximum absolute atomic E-state index is 13.3. The van der Waals surface area contributed by atoms with Crippen molar-refractivity contribution in [2.45, 2.75) is 31.2 Å². The number of hydrogen-bond donors (Lipinski definition) is 1. The van der Waals surface area contributed by atoms with E-state index in [1.807, 2.05) is 37.3 Å². The minimum Gasteiger partial charge on any atom is -0.352 e. The van der Waals surface area contributed by atoms with Crippen LogP contribution >= 0.6 is 0 Å². The zero-order chi connectivity index (χ0) is 21.1. The van der Waals surface area contributed by atoms with E-state index in [1.54, 1.807) is 30.5 Å². The molecule has 0 atom stereocenters. The van der Waals surface area contributed by atoms with Crippen molar-refractivity contribution >= 4 is 26.8 Å². The molecule has 1 N–H and O–H groups in total. The number of amides is 1. The average molecular weight is 424 g/mol. The number of nitrogens with one attached hydrogen (secondary N) is 1. The van der Waals surface area contributed by atoms with Crippen LogP contribution < -0.4 is 5.32 Å². The van der Waals surface area contributed by atoms with E-state index in [1.165, 1.54) is 4.31 Å². The second-order valence-electron chi connectivity index (χ2n) is 7.66. The first-order chi connectivity index (χ1) is 14.5. The quantitative estimate of drug-likeness (QED) is 0.683. The molecule has 0 saturated carbocycles. The van der Waals surface area contributed by atoms with Crippen molar-refractivity contribution < 1.29 is 13.2 Å². The molecule has 1 aliphatic rings. The average Bonchev–Trinajstić information content (AvgIpc) is 2.78. The van der Waals surface area contributed by atoms with E-state index < -0.39 is 10.0 Å². The number of pyridine rings is 1. The van der Waals surface area contributed by atoms with Gasteiger partial charge in [0.1, 0.15) is 0 Å². The highest BCUT2D eigenvalue weighted by molar-refractivity contribution is 7.89. The number of piperidine rings is 1. The smallest absolute Gasteiger partial charge is 0.243 e. The molecule has 0 aliphatic carbocycles. The van der Waals surface area contributed by atoms with Gasteiger partial charge in [-0.25, -0.2) is 8.42 Å². The van der Waals surface area contributed by atoms with Crippen LogP contribution in [0, 0.1) is 12.8 Å². The number of nitrogens with zero attached hydrogens (tertiary/aromatic N) is 2. The van der Waals surface area contributed by atoms with Crippen LogP contribution in [0.25, 0.3) is 10.9 Å². The number of carbonyl (C=O) groups excluding carboxylic acids is 1. The van der Waals surface area contributed by atoms with E-state index in [9.17, 15) is 13.2 Å². The lowest BCUT2D eigenvalue weighted by molar-refractivity contribution is -0.126. The summed E-state index contributed by atoms with van der Waals surface area (Å²) in [6.45, 7) is 3.08. The maximum atomic E-state index is 13.3. The predicted octanol–water partition coefficient (Wildman–Crippen LogP) is 3.26. The van der Waals surface area contributed by atoms with Crippen molar-refractivity contribution in [1.29, 1.82) is 0 Å². The van der Waals surface area contributed by atoms with E-state index >= 15 is 0 Å². The van der Waals surface area contributed by atoms with Gasteiger partial charge in [0.25, 0.3) is 0 Å². The Morgan fingerprint density at radius 1 is 1.07 bits per heavy atom. The Morgan fingerprint density at radius 2 is 1.80 bits per heavy atom. The summed E-state index contributed by atoms with van der Waals surface area (Å²) in [6, 6.07) is 16.8. The van der Waals surface area contributed by atoms with Crippen molar-refractivity contribution in [3.05, 3.63) is 71.9 Å². The lowest BCUT2D eigenvalue weighted by atomic mass is 9.97. The Labute approximate surface area is 177 Å². The number of aromatic nitrogens is 1. The van der Waals surface area contributed by atoms with Gasteiger partial charge < -0.3 is 5.32 Å². The van der Waals surface area contributed by atoms with E-state index in [0.717, 1.165) is 11.1 Å². The molecule has 30 heavy (non-hydrogen) atoms. The molecular formula is C23H25N3O3S. The van der Waals surface area contributed by atoms with Gasteiger partial charge in [-0.3, -0.25) is 9.78 Å². The Kier molecular flexibility index (Phi) is 5.83. The van der Waals surface area contributed by atoms with Crippen molar-refractivity contribution in [3.63, 3.8) is 0 Å². The van der Waals surface area contributed by atoms with Crippen LogP contribution in [0.2, 0.25) is 0 Å². The van der Waals surface area contributed by atoms with E-state index in [0.29, 0.717) is 43.4 Å². The number of rotatable bonds is 5. The van der Waals surface area contributed by atoms with Gasteiger partial charge in [0.15, 0.2) is 0 Å². The molecule has 0 radical (unpaired) electrons. The highest BCUT2D eigenvalue weighted by Gasteiger charge is 2.33. The SMILES string of the molecule is Cc1ccc(S(=O)(=O)N2CCC(C(=O)NCc3ccccc3)CC2)c2cccnc12. The number of hydrogen-bond acceptors (Lipinski definition) is 4. The van der Waals surface area contributed by atoms with Crippen LogP contribution in [-0.4, -0.2) is 36.7 Å². The second kappa shape index (κ2) is 8.53. The van der Waals surface area contributed by atoms with Gasteiger partial charge in [-0.2, -0.15) is 4.31 Å². The van der Waals surface area contributed by atoms with Crippen molar-refractivity contribution in [1.82, 2.24) is 14.6 Å². The minimum absolute atomic E-state index is 0.0131. The largest absolute Gasteiger partial charge is 0.352 e. The van der Waals surface area contributed by atoms with Gasteiger partial charge >= 0.3 is 0 Å². The molecule has 2 aromatic carbocycles.